The van der Waals surface area contributed by atoms with Gasteiger partial charge in [0.1, 0.15) is 6.54 Å². The first-order valence-corrected chi connectivity index (χ1v) is 9.51. The molecule has 0 radical (unpaired) electrons. The lowest BCUT2D eigenvalue weighted by molar-refractivity contribution is -0.133. The Balaban J connectivity index is 1.45. The first kappa shape index (κ1) is 18.3. The molecule has 3 heterocycles. The van der Waals surface area contributed by atoms with Crippen LogP contribution in [0.2, 0.25) is 0 Å². The first-order chi connectivity index (χ1) is 13.6. The van der Waals surface area contributed by atoms with Crippen LogP contribution in [0.25, 0.3) is 11.6 Å². The highest BCUT2D eigenvalue weighted by Gasteiger charge is 2.32. The summed E-state index contributed by atoms with van der Waals surface area (Å²) in [6.45, 7) is 3.57. The summed E-state index contributed by atoms with van der Waals surface area (Å²) in [6, 6.07) is 3.61. The van der Waals surface area contributed by atoms with Crippen molar-refractivity contribution in [2.24, 2.45) is 0 Å². The van der Waals surface area contributed by atoms with Crippen molar-refractivity contribution in [1.29, 1.82) is 0 Å². The molecular formula is C18H23N5O5. The Morgan fingerprint density at radius 1 is 1.21 bits per heavy atom. The average molecular weight is 389 g/mol. The number of carbonyl (C=O) groups excluding carboxylic acids is 2. The molecule has 1 aliphatic heterocycles. The minimum absolute atomic E-state index is 0.115. The number of aromatic nitrogens is 3. The fourth-order valence-corrected chi connectivity index (χ4v) is 3.34. The maximum atomic E-state index is 12.8. The standard InChI is InChI=1S/C18H23N5O5/c1-2-27-18(26)21-9-7-20(8-10-21)15(24)12-22-17(25)23(13-5-6-13)16(19-22)14-4-3-11-28-14/h3-4,11,13H,2,5-10,12H2,1H3. The number of nitrogens with zero attached hydrogens (tertiary/aromatic N) is 5. The van der Waals surface area contributed by atoms with Gasteiger partial charge >= 0.3 is 11.8 Å². The van der Waals surface area contributed by atoms with Crippen LogP contribution in [-0.2, 0) is 16.1 Å². The van der Waals surface area contributed by atoms with Gasteiger partial charge in [-0.15, -0.1) is 5.10 Å². The second kappa shape index (κ2) is 7.53. The van der Waals surface area contributed by atoms with E-state index >= 15 is 0 Å². The molecule has 150 valence electrons. The lowest BCUT2D eigenvalue weighted by Crippen LogP contribution is -2.51. The summed E-state index contributed by atoms with van der Waals surface area (Å²) in [5.74, 6) is 0.771. The molecule has 28 heavy (non-hydrogen) atoms. The molecule has 1 saturated heterocycles. The monoisotopic (exact) mass is 389 g/mol. The third-order valence-corrected chi connectivity index (χ3v) is 4.97. The maximum Gasteiger partial charge on any atom is 0.409 e. The van der Waals surface area contributed by atoms with E-state index < -0.39 is 0 Å². The number of furan rings is 1. The zero-order valence-electron chi connectivity index (χ0n) is 15.7. The third kappa shape index (κ3) is 3.54. The Bertz CT molecular complexity index is 903. The van der Waals surface area contributed by atoms with Crippen molar-refractivity contribution in [2.75, 3.05) is 32.8 Å². The molecule has 0 N–H and O–H groups in total. The molecular weight excluding hydrogens is 366 g/mol. The van der Waals surface area contributed by atoms with Gasteiger partial charge in [-0.1, -0.05) is 0 Å². The van der Waals surface area contributed by atoms with Crippen LogP contribution in [0, 0.1) is 0 Å². The molecule has 2 aliphatic rings. The number of ether oxygens (including phenoxy) is 1. The number of amides is 2. The molecule has 0 atom stereocenters. The van der Waals surface area contributed by atoms with E-state index in [0.717, 1.165) is 12.8 Å². The van der Waals surface area contributed by atoms with Crippen LogP contribution in [0.3, 0.4) is 0 Å². The van der Waals surface area contributed by atoms with E-state index in [1.54, 1.807) is 33.4 Å². The van der Waals surface area contributed by atoms with Crippen LogP contribution in [0.5, 0.6) is 0 Å². The summed E-state index contributed by atoms with van der Waals surface area (Å²) in [6.07, 6.45) is 3.01. The van der Waals surface area contributed by atoms with Gasteiger partial charge in [-0.25, -0.2) is 14.3 Å². The van der Waals surface area contributed by atoms with E-state index in [4.69, 9.17) is 9.15 Å². The third-order valence-electron chi connectivity index (χ3n) is 4.97. The number of hydrogen-bond acceptors (Lipinski definition) is 6. The van der Waals surface area contributed by atoms with Crippen molar-refractivity contribution in [3.63, 3.8) is 0 Å². The minimum atomic E-state index is -0.364. The average Bonchev–Trinajstić information content (AvgIpc) is 3.28. The van der Waals surface area contributed by atoms with Crippen molar-refractivity contribution in [3.8, 4) is 11.6 Å². The molecule has 2 fully saturated rings. The first-order valence-electron chi connectivity index (χ1n) is 9.51. The van der Waals surface area contributed by atoms with Crippen molar-refractivity contribution >= 4 is 12.0 Å². The summed E-state index contributed by atoms with van der Waals surface area (Å²) in [5, 5.41) is 4.36. The fraction of sp³-hybridized carbons (Fsp3) is 0.556. The van der Waals surface area contributed by atoms with E-state index in [1.807, 2.05) is 0 Å². The molecule has 1 aliphatic carbocycles. The predicted octanol–water partition coefficient (Wildman–Crippen LogP) is 0.940. The van der Waals surface area contributed by atoms with Gasteiger partial charge in [0.05, 0.1) is 12.9 Å². The number of carbonyl (C=O) groups is 2. The molecule has 0 spiro atoms. The van der Waals surface area contributed by atoms with Crippen LogP contribution < -0.4 is 5.69 Å². The molecule has 0 bridgehead atoms. The molecule has 4 rings (SSSR count). The zero-order valence-corrected chi connectivity index (χ0v) is 15.7. The minimum Gasteiger partial charge on any atom is -0.461 e. The summed E-state index contributed by atoms with van der Waals surface area (Å²) in [7, 11) is 0. The van der Waals surface area contributed by atoms with Gasteiger partial charge in [-0.2, -0.15) is 0 Å². The summed E-state index contributed by atoms with van der Waals surface area (Å²) >= 11 is 0. The zero-order chi connectivity index (χ0) is 19.7. The quantitative estimate of drug-likeness (QED) is 0.754. The molecule has 2 aromatic heterocycles. The Kier molecular flexibility index (Phi) is 4.93. The second-order valence-electron chi connectivity index (χ2n) is 6.91. The Hall–Kier alpha value is -3.04. The van der Waals surface area contributed by atoms with Crippen molar-refractivity contribution in [2.45, 2.75) is 32.4 Å². The van der Waals surface area contributed by atoms with Crippen LogP contribution in [-0.4, -0.2) is 68.9 Å². The lowest BCUT2D eigenvalue weighted by Gasteiger charge is -2.33. The van der Waals surface area contributed by atoms with Crippen LogP contribution in [0.15, 0.2) is 27.6 Å². The van der Waals surface area contributed by atoms with E-state index in [9.17, 15) is 14.4 Å². The van der Waals surface area contributed by atoms with E-state index in [-0.39, 0.29) is 30.3 Å². The highest BCUT2D eigenvalue weighted by molar-refractivity contribution is 5.76. The fourth-order valence-electron chi connectivity index (χ4n) is 3.34. The molecule has 0 unspecified atom stereocenters. The highest BCUT2D eigenvalue weighted by atomic mass is 16.6. The van der Waals surface area contributed by atoms with Gasteiger partial charge in [-0.05, 0) is 31.9 Å². The van der Waals surface area contributed by atoms with Gasteiger partial charge in [-0.3, -0.25) is 9.36 Å². The van der Waals surface area contributed by atoms with Gasteiger partial charge in [0.2, 0.25) is 11.7 Å². The van der Waals surface area contributed by atoms with E-state index in [2.05, 4.69) is 5.10 Å². The smallest absolute Gasteiger partial charge is 0.409 e. The van der Waals surface area contributed by atoms with E-state index in [1.165, 1.54) is 10.9 Å². The molecule has 2 amide bonds. The Labute approximate surface area is 161 Å². The molecule has 10 nitrogen and oxygen atoms in total. The van der Waals surface area contributed by atoms with Gasteiger partial charge in [0.15, 0.2) is 5.76 Å². The SMILES string of the molecule is CCOC(=O)N1CCN(C(=O)Cn2nc(-c3ccco3)n(C3CC3)c2=O)CC1. The van der Waals surface area contributed by atoms with Gasteiger partial charge < -0.3 is 19.0 Å². The largest absolute Gasteiger partial charge is 0.461 e. The topological polar surface area (TPSA) is 103 Å². The van der Waals surface area contributed by atoms with Gasteiger partial charge in [0, 0.05) is 32.2 Å². The number of piperazine rings is 1. The molecule has 10 heteroatoms. The van der Waals surface area contributed by atoms with Crippen LogP contribution >= 0.6 is 0 Å². The lowest BCUT2D eigenvalue weighted by atomic mass is 10.3. The normalized spacial score (nSPS) is 17.0. The van der Waals surface area contributed by atoms with Crippen molar-refractivity contribution in [1.82, 2.24) is 24.1 Å². The van der Waals surface area contributed by atoms with Crippen LogP contribution in [0.1, 0.15) is 25.8 Å². The maximum absolute atomic E-state index is 12.8. The van der Waals surface area contributed by atoms with Crippen LogP contribution in [0.4, 0.5) is 4.79 Å². The summed E-state index contributed by atoms with van der Waals surface area (Å²) in [4.78, 5) is 40.4. The number of hydrogen-bond donors (Lipinski definition) is 0. The van der Waals surface area contributed by atoms with Crippen molar-refractivity contribution in [3.05, 3.63) is 28.9 Å². The Morgan fingerprint density at radius 2 is 1.93 bits per heavy atom. The highest BCUT2D eigenvalue weighted by Crippen LogP contribution is 2.36. The molecule has 0 aromatic carbocycles. The Morgan fingerprint density at radius 3 is 2.54 bits per heavy atom. The summed E-state index contributed by atoms with van der Waals surface area (Å²) < 4.78 is 13.2. The second-order valence-corrected chi connectivity index (χ2v) is 6.91. The van der Waals surface area contributed by atoms with Crippen molar-refractivity contribution < 1.29 is 18.7 Å². The molecule has 2 aromatic rings. The molecule has 1 saturated carbocycles. The number of rotatable bonds is 5. The predicted molar refractivity (Wildman–Crippen MR) is 97.6 cm³/mol. The van der Waals surface area contributed by atoms with Gasteiger partial charge in [0.25, 0.3) is 0 Å². The summed E-state index contributed by atoms with van der Waals surface area (Å²) in [5.41, 5.74) is -0.299. The van der Waals surface area contributed by atoms with E-state index in [0.29, 0.717) is 44.4 Å².